The van der Waals surface area contributed by atoms with E-state index in [2.05, 4.69) is 16.8 Å². The van der Waals surface area contributed by atoms with Crippen molar-refractivity contribution >= 4 is 23.2 Å². The lowest BCUT2D eigenvalue weighted by Gasteiger charge is -2.39. The van der Waals surface area contributed by atoms with E-state index < -0.39 is 0 Å². The predicted octanol–water partition coefficient (Wildman–Crippen LogP) is 5.26. The van der Waals surface area contributed by atoms with Crippen molar-refractivity contribution in [1.82, 2.24) is 10.4 Å². The van der Waals surface area contributed by atoms with Gasteiger partial charge in [0.2, 0.25) is 0 Å². The number of para-hydroxylation sites is 1. The van der Waals surface area contributed by atoms with E-state index in [-0.39, 0.29) is 12.1 Å². The molecule has 1 unspecified atom stereocenters. The molecule has 1 heterocycles. The summed E-state index contributed by atoms with van der Waals surface area (Å²) in [4.78, 5) is 13.2. The molecule has 0 saturated heterocycles. The monoisotopic (exact) mass is 367 g/mol. The first kappa shape index (κ1) is 17.0. The highest BCUT2D eigenvalue weighted by molar-refractivity contribution is 6.30. The van der Waals surface area contributed by atoms with E-state index in [0.29, 0.717) is 10.6 Å². The fourth-order valence-electron chi connectivity index (χ4n) is 3.55. The largest absolute Gasteiger partial charge is 0.359 e. The Kier molecular flexibility index (Phi) is 4.85. The van der Waals surface area contributed by atoms with Gasteiger partial charge in [0.15, 0.2) is 0 Å². The number of hydrogen-bond donors (Lipinski definition) is 2. The second kappa shape index (κ2) is 7.42. The van der Waals surface area contributed by atoms with Gasteiger partial charge in [-0.15, -0.1) is 0 Å². The van der Waals surface area contributed by atoms with Crippen LogP contribution in [0.15, 0.2) is 60.3 Å². The number of allylic oxidation sites excluding steroid dienone is 2. The third kappa shape index (κ3) is 3.42. The first-order valence-corrected chi connectivity index (χ1v) is 9.50. The molecule has 0 saturated carbocycles. The number of anilines is 1. The molecular formula is C21H22ClN3O. The molecule has 5 heteroatoms. The van der Waals surface area contributed by atoms with E-state index in [1.54, 1.807) is 5.01 Å². The van der Waals surface area contributed by atoms with E-state index in [1.807, 2.05) is 48.5 Å². The summed E-state index contributed by atoms with van der Waals surface area (Å²) in [5.74, 6) is -0.0329. The number of rotatable bonds is 3. The highest BCUT2D eigenvalue weighted by Crippen LogP contribution is 2.33. The van der Waals surface area contributed by atoms with Crippen LogP contribution >= 0.6 is 11.6 Å². The van der Waals surface area contributed by atoms with Gasteiger partial charge in [-0.1, -0.05) is 48.4 Å². The molecule has 0 radical (unpaired) electrons. The Morgan fingerprint density at radius 1 is 1.08 bits per heavy atom. The highest BCUT2D eigenvalue weighted by atomic mass is 35.5. The van der Waals surface area contributed by atoms with Crippen LogP contribution in [0, 0.1) is 0 Å². The molecule has 1 aliphatic heterocycles. The van der Waals surface area contributed by atoms with Crippen molar-refractivity contribution in [3.63, 3.8) is 0 Å². The van der Waals surface area contributed by atoms with Gasteiger partial charge in [-0.05, 0) is 55.5 Å². The van der Waals surface area contributed by atoms with E-state index in [0.717, 1.165) is 36.2 Å². The normalized spacial score (nSPS) is 19.9. The number of nitrogens with one attached hydrogen (secondary N) is 2. The molecule has 2 aromatic rings. The Morgan fingerprint density at radius 3 is 2.85 bits per heavy atom. The van der Waals surface area contributed by atoms with Crippen LogP contribution in [0.3, 0.4) is 0 Å². The highest BCUT2D eigenvalue weighted by Gasteiger charge is 2.33. The van der Waals surface area contributed by atoms with Gasteiger partial charge in [-0.3, -0.25) is 10.2 Å². The van der Waals surface area contributed by atoms with E-state index in [1.165, 1.54) is 12.8 Å². The maximum absolute atomic E-state index is 13.2. The first-order valence-electron chi connectivity index (χ1n) is 9.13. The zero-order valence-corrected chi connectivity index (χ0v) is 15.3. The van der Waals surface area contributed by atoms with Crippen LogP contribution in [0.1, 0.15) is 54.2 Å². The van der Waals surface area contributed by atoms with Gasteiger partial charge in [0.25, 0.3) is 5.91 Å². The Hall–Kier alpha value is -2.46. The number of benzene rings is 2. The number of halogens is 1. The quantitative estimate of drug-likeness (QED) is 0.777. The minimum absolute atomic E-state index is 0.0329. The summed E-state index contributed by atoms with van der Waals surface area (Å²) in [5, 5.41) is 5.84. The van der Waals surface area contributed by atoms with Gasteiger partial charge in [0.1, 0.15) is 6.17 Å². The Balaban J connectivity index is 1.71. The van der Waals surface area contributed by atoms with Gasteiger partial charge in [0, 0.05) is 16.4 Å². The number of hydrogen-bond acceptors (Lipinski definition) is 3. The minimum atomic E-state index is -0.319. The van der Waals surface area contributed by atoms with Crippen LogP contribution in [0.2, 0.25) is 5.02 Å². The summed E-state index contributed by atoms with van der Waals surface area (Å²) in [6, 6.07) is 15.3. The van der Waals surface area contributed by atoms with Crippen LogP contribution in [0.4, 0.5) is 5.69 Å². The molecule has 134 valence electrons. The number of hydrazine groups is 1. The van der Waals surface area contributed by atoms with Gasteiger partial charge in [-0.25, -0.2) is 5.01 Å². The van der Waals surface area contributed by atoms with Crippen molar-refractivity contribution in [1.29, 1.82) is 0 Å². The van der Waals surface area contributed by atoms with Gasteiger partial charge in [-0.2, -0.15) is 0 Å². The average Bonchev–Trinajstić information content (AvgIpc) is 2.93. The van der Waals surface area contributed by atoms with Crippen molar-refractivity contribution in [3.05, 3.63) is 76.5 Å². The zero-order chi connectivity index (χ0) is 17.9. The van der Waals surface area contributed by atoms with Crippen LogP contribution in [0.25, 0.3) is 0 Å². The van der Waals surface area contributed by atoms with E-state index in [9.17, 15) is 4.79 Å². The lowest BCUT2D eigenvalue weighted by atomic mass is 10.0. The van der Waals surface area contributed by atoms with Crippen molar-refractivity contribution in [2.45, 2.75) is 38.3 Å². The second-order valence-electron chi connectivity index (χ2n) is 6.76. The second-order valence-corrected chi connectivity index (χ2v) is 7.20. The minimum Gasteiger partial charge on any atom is -0.359 e. The van der Waals surface area contributed by atoms with Gasteiger partial charge >= 0.3 is 0 Å². The first-order chi connectivity index (χ1) is 12.7. The van der Waals surface area contributed by atoms with Crippen LogP contribution in [-0.4, -0.2) is 10.9 Å². The third-order valence-electron chi connectivity index (χ3n) is 4.90. The SMILES string of the molecule is O=C1c2ccccc2NC(c2cccc(Cl)c2)N1NC1=CCCCCC1. The van der Waals surface area contributed by atoms with Gasteiger partial charge in [0.05, 0.1) is 5.56 Å². The molecule has 4 rings (SSSR count). The molecule has 0 fully saturated rings. The lowest BCUT2D eigenvalue weighted by Crippen LogP contribution is -2.50. The van der Waals surface area contributed by atoms with Crippen molar-refractivity contribution in [3.8, 4) is 0 Å². The lowest BCUT2D eigenvalue weighted by molar-refractivity contribution is 0.0586. The molecule has 1 amide bonds. The van der Waals surface area contributed by atoms with Crippen LogP contribution in [0.5, 0.6) is 0 Å². The molecule has 1 atom stereocenters. The maximum atomic E-state index is 13.2. The Morgan fingerprint density at radius 2 is 1.96 bits per heavy atom. The molecule has 2 aromatic carbocycles. The number of carbonyl (C=O) groups is 1. The number of carbonyl (C=O) groups excluding carboxylic acids is 1. The van der Waals surface area contributed by atoms with Gasteiger partial charge < -0.3 is 5.32 Å². The topological polar surface area (TPSA) is 44.4 Å². The van der Waals surface area contributed by atoms with E-state index in [4.69, 9.17) is 11.6 Å². The van der Waals surface area contributed by atoms with Crippen molar-refractivity contribution in [2.75, 3.05) is 5.32 Å². The summed E-state index contributed by atoms with van der Waals surface area (Å²) in [6.07, 6.45) is 7.50. The zero-order valence-electron chi connectivity index (χ0n) is 14.5. The average molecular weight is 368 g/mol. The molecule has 26 heavy (non-hydrogen) atoms. The Labute approximate surface area is 158 Å². The molecule has 0 aromatic heterocycles. The summed E-state index contributed by atoms with van der Waals surface area (Å²) in [7, 11) is 0. The molecule has 2 aliphatic rings. The Bertz CT molecular complexity index is 849. The van der Waals surface area contributed by atoms with E-state index >= 15 is 0 Å². The summed E-state index contributed by atoms with van der Waals surface area (Å²) >= 11 is 6.20. The smallest absolute Gasteiger partial charge is 0.276 e. The molecular weight excluding hydrogens is 346 g/mol. The fraction of sp³-hybridized carbons (Fsp3) is 0.286. The summed E-state index contributed by atoms with van der Waals surface area (Å²) in [6.45, 7) is 0. The predicted molar refractivity (Wildman–Crippen MR) is 105 cm³/mol. The molecule has 1 aliphatic carbocycles. The van der Waals surface area contributed by atoms with Crippen molar-refractivity contribution < 1.29 is 4.79 Å². The summed E-state index contributed by atoms with van der Waals surface area (Å²) < 4.78 is 0. The summed E-state index contributed by atoms with van der Waals surface area (Å²) in [5.41, 5.74) is 6.97. The molecule has 2 N–H and O–H groups in total. The number of fused-ring (bicyclic) bond motifs is 1. The number of amides is 1. The molecule has 4 nitrogen and oxygen atoms in total. The maximum Gasteiger partial charge on any atom is 0.276 e. The third-order valence-corrected chi connectivity index (χ3v) is 5.13. The molecule has 0 bridgehead atoms. The van der Waals surface area contributed by atoms with Crippen LogP contribution < -0.4 is 10.7 Å². The molecule has 0 spiro atoms. The standard InChI is InChI=1S/C21H22ClN3O/c22-16-9-7-8-15(14-16)20-23-19-13-6-5-12-18(19)21(26)25(20)24-17-10-3-1-2-4-11-17/h5-10,12-14,20,23-24H,1-4,11H2. The van der Waals surface area contributed by atoms with Crippen LogP contribution in [-0.2, 0) is 0 Å². The fourth-order valence-corrected chi connectivity index (χ4v) is 3.75. The van der Waals surface area contributed by atoms with Crippen molar-refractivity contribution in [2.24, 2.45) is 0 Å². The number of nitrogens with zero attached hydrogens (tertiary/aromatic N) is 1.